The summed E-state index contributed by atoms with van der Waals surface area (Å²) in [5, 5.41) is 6.61. The topological polar surface area (TPSA) is 52.3 Å². The quantitative estimate of drug-likeness (QED) is 0.549. The number of nitrogens with zero attached hydrogens (tertiary/aromatic N) is 1. The predicted octanol–water partition coefficient (Wildman–Crippen LogP) is 4.59. The number of hydrogen-bond donors (Lipinski definition) is 0. The molecule has 2 aromatic carbocycles. The van der Waals surface area contributed by atoms with E-state index >= 15 is 0 Å². The van der Waals surface area contributed by atoms with Crippen molar-refractivity contribution in [1.82, 2.24) is 5.16 Å². The van der Waals surface area contributed by atoms with Crippen LogP contribution in [0.1, 0.15) is 0 Å². The third-order valence-corrected chi connectivity index (χ3v) is 4.78. The summed E-state index contributed by atoms with van der Waals surface area (Å²) in [5.41, 5.74) is 2.03. The van der Waals surface area contributed by atoms with Crippen LogP contribution in [-0.2, 0) is 0 Å². The van der Waals surface area contributed by atoms with Crippen LogP contribution in [0.15, 0.2) is 69.3 Å². The summed E-state index contributed by atoms with van der Waals surface area (Å²) in [6.07, 6.45) is 0. The Labute approximate surface area is 141 Å². The van der Waals surface area contributed by atoms with Crippen molar-refractivity contribution >= 4 is 21.4 Å². The summed E-state index contributed by atoms with van der Waals surface area (Å²) in [4.78, 5) is 12.7. The van der Waals surface area contributed by atoms with Gasteiger partial charge in [0.15, 0.2) is 11.2 Å². The van der Waals surface area contributed by atoms with Crippen LogP contribution in [0.3, 0.4) is 0 Å². The summed E-state index contributed by atoms with van der Waals surface area (Å²) in [5.74, 6) is 1.22. The molecule has 0 N–H and O–H groups in total. The zero-order valence-corrected chi connectivity index (χ0v) is 13.7. The molecular formula is C19H13NO3S. The maximum Gasteiger partial charge on any atom is 0.199 e. The van der Waals surface area contributed by atoms with Gasteiger partial charge in [-0.2, -0.15) is 0 Å². The summed E-state index contributed by atoms with van der Waals surface area (Å²) >= 11 is 1.52. The van der Waals surface area contributed by atoms with Crippen molar-refractivity contribution in [1.29, 1.82) is 0 Å². The van der Waals surface area contributed by atoms with Crippen molar-refractivity contribution in [3.05, 3.63) is 70.2 Å². The Morgan fingerprint density at radius 3 is 2.83 bits per heavy atom. The molecule has 0 saturated carbocycles. The van der Waals surface area contributed by atoms with Gasteiger partial charge in [-0.05, 0) is 24.3 Å². The first kappa shape index (κ1) is 14.7. The molecule has 0 bridgehead atoms. The van der Waals surface area contributed by atoms with E-state index in [9.17, 15) is 4.79 Å². The summed E-state index contributed by atoms with van der Waals surface area (Å²) < 4.78 is 11.6. The maximum absolute atomic E-state index is 12.7. The molecule has 0 aliphatic heterocycles. The van der Waals surface area contributed by atoms with Gasteiger partial charge in [0.05, 0.1) is 12.7 Å². The minimum atomic E-state index is -0.0438. The number of rotatable bonds is 3. The summed E-state index contributed by atoms with van der Waals surface area (Å²) in [7, 11) is 1.62. The first-order valence-corrected chi connectivity index (χ1v) is 8.26. The van der Waals surface area contributed by atoms with E-state index in [0.717, 1.165) is 16.0 Å². The Hall–Kier alpha value is -2.92. The number of ether oxygens (including phenoxy) is 1. The van der Waals surface area contributed by atoms with E-state index in [0.29, 0.717) is 22.4 Å². The van der Waals surface area contributed by atoms with E-state index in [-0.39, 0.29) is 5.43 Å². The van der Waals surface area contributed by atoms with Gasteiger partial charge in [0, 0.05) is 27.1 Å². The van der Waals surface area contributed by atoms with Gasteiger partial charge in [-0.3, -0.25) is 4.79 Å². The molecule has 2 aromatic heterocycles. The lowest BCUT2D eigenvalue weighted by Gasteiger charge is -2.00. The van der Waals surface area contributed by atoms with Crippen LogP contribution < -0.4 is 10.2 Å². The van der Waals surface area contributed by atoms with Crippen LogP contribution in [0.2, 0.25) is 0 Å². The third kappa shape index (κ3) is 2.49. The average molecular weight is 335 g/mol. The van der Waals surface area contributed by atoms with Crippen molar-refractivity contribution in [2.24, 2.45) is 0 Å². The zero-order chi connectivity index (χ0) is 16.5. The van der Waals surface area contributed by atoms with Crippen LogP contribution in [0.4, 0.5) is 0 Å². The standard InChI is InChI=1S/C19H13NO3S/c1-22-13-6-4-5-12(9-13)16-10-17(23-20-16)15-11-24-18-8-3-2-7-14(18)19(15)21/h2-11H,1H3. The molecule has 0 unspecified atom stereocenters. The number of methoxy groups -OCH3 is 1. The average Bonchev–Trinajstić information content (AvgIpc) is 3.12. The van der Waals surface area contributed by atoms with Crippen molar-refractivity contribution in [2.45, 2.75) is 0 Å². The highest BCUT2D eigenvalue weighted by Crippen LogP contribution is 2.28. The van der Waals surface area contributed by atoms with Crippen molar-refractivity contribution in [3.8, 4) is 28.3 Å². The first-order valence-electron chi connectivity index (χ1n) is 7.38. The van der Waals surface area contributed by atoms with Gasteiger partial charge < -0.3 is 9.26 Å². The molecule has 2 heterocycles. The minimum absolute atomic E-state index is 0.0438. The molecule has 0 spiro atoms. The van der Waals surface area contributed by atoms with Crippen molar-refractivity contribution in [2.75, 3.05) is 7.11 Å². The number of fused-ring (bicyclic) bond motifs is 1. The highest BCUT2D eigenvalue weighted by molar-refractivity contribution is 7.16. The number of benzene rings is 2. The number of aromatic nitrogens is 1. The van der Waals surface area contributed by atoms with E-state index in [4.69, 9.17) is 9.26 Å². The van der Waals surface area contributed by atoms with Gasteiger partial charge in [-0.1, -0.05) is 29.4 Å². The van der Waals surface area contributed by atoms with Crippen LogP contribution in [-0.4, -0.2) is 12.3 Å². The lowest BCUT2D eigenvalue weighted by Crippen LogP contribution is -2.02. The predicted molar refractivity (Wildman–Crippen MR) is 95.6 cm³/mol. The molecule has 0 aliphatic rings. The van der Waals surface area contributed by atoms with Crippen molar-refractivity contribution < 1.29 is 9.26 Å². The molecule has 0 saturated heterocycles. The van der Waals surface area contributed by atoms with E-state index in [1.54, 1.807) is 13.2 Å². The molecule has 5 heteroatoms. The number of hydrogen-bond acceptors (Lipinski definition) is 5. The third-order valence-electron chi connectivity index (χ3n) is 3.82. The first-order chi connectivity index (χ1) is 11.8. The van der Waals surface area contributed by atoms with Gasteiger partial charge in [-0.25, -0.2) is 0 Å². The maximum atomic E-state index is 12.7. The van der Waals surface area contributed by atoms with Gasteiger partial charge in [0.25, 0.3) is 0 Å². The Balaban J connectivity index is 1.80. The van der Waals surface area contributed by atoms with Gasteiger partial charge in [-0.15, -0.1) is 11.3 Å². The van der Waals surface area contributed by atoms with Crippen LogP contribution in [0, 0.1) is 0 Å². The Bertz CT molecular complexity index is 1080. The smallest absolute Gasteiger partial charge is 0.199 e. The van der Waals surface area contributed by atoms with Crippen molar-refractivity contribution in [3.63, 3.8) is 0 Å². The van der Waals surface area contributed by atoms with E-state index in [2.05, 4.69) is 5.16 Å². The van der Waals surface area contributed by atoms with Crippen LogP contribution in [0.25, 0.3) is 32.7 Å². The largest absolute Gasteiger partial charge is 0.497 e. The minimum Gasteiger partial charge on any atom is -0.497 e. The molecule has 24 heavy (non-hydrogen) atoms. The Kier molecular flexibility index (Phi) is 3.63. The van der Waals surface area contributed by atoms with E-state index in [1.807, 2.05) is 53.9 Å². The molecule has 0 fully saturated rings. The fraction of sp³-hybridized carbons (Fsp3) is 0.0526. The lowest BCUT2D eigenvalue weighted by molar-refractivity contribution is 0.414. The summed E-state index contributed by atoms with van der Waals surface area (Å²) in [6, 6.07) is 16.9. The zero-order valence-electron chi connectivity index (χ0n) is 12.9. The molecule has 0 aliphatic carbocycles. The second-order valence-corrected chi connectivity index (χ2v) is 6.19. The molecule has 118 valence electrons. The highest BCUT2D eigenvalue weighted by Gasteiger charge is 2.14. The molecular weight excluding hydrogens is 322 g/mol. The molecule has 4 rings (SSSR count). The van der Waals surface area contributed by atoms with Crippen LogP contribution >= 0.6 is 11.3 Å². The fourth-order valence-corrected chi connectivity index (χ4v) is 3.48. The van der Waals surface area contributed by atoms with Gasteiger partial charge >= 0.3 is 0 Å². The van der Waals surface area contributed by atoms with E-state index in [1.165, 1.54) is 11.3 Å². The second kappa shape index (κ2) is 5.94. The SMILES string of the molecule is COc1cccc(-c2cc(-c3csc4ccccc4c3=O)on2)c1. The van der Waals surface area contributed by atoms with Gasteiger partial charge in [0.2, 0.25) is 0 Å². The van der Waals surface area contributed by atoms with E-state index < -0.39 is 0 Å². The summed E-state index contributed by atoms with van der Waals surface area (Å²) in [6.45, 7) is 0. The second-order valence-electron chi connectivity index (χ2n) is 5.28. The Morgan fingerprint density at radius 1 is 1.08 bits per heavy atom. The van der Waals surface area contributed by atoms with Crippen LogP contribution in [0.5, 0.6) is 5.75 Å². The molecule has 4 aromatic rings. The normalized spacial score (nSPS) is 10.9. The molecule has 0 atom stereocenters. The van der Waals surface area contributed by atoms with Gasteiger partial charge in [0.1, 0.15) is 11.4 Å². The Morgan fingerprint density at radius 2 is 1.96 bits per heavy atom. The lowest BCUT2D eigenvalue weighted by atomic mass is 10.1. The fourth-order valence-electron chi connectivity index (χ4n) is 2.57. The molecule has 4 nitrogen and oxygen atoms in total. The molecule has 0 radical (unpaired) electrons. The monoisotopic (exact) mass is 335 g/mol. The molecule has 0 amide bonds. The highest BCUT2D eigenvalue weighted by atomic mass is 32.1.